The first kappa shape index (κ1) is 22.9. The molecule has 0 unspecified atom stereocenters. The molecule has 0 radical (unpaired) electrons. The van der Waals surface area contributed by atoms with Gasteiger partial charge in [0.25, 0.3) is 18.8 Å². The van der Waals surface area contributed by atoms with Gasteiger partial charge in [-0.25, -0.2) is 31.9 Å². The van der Waals surface area contributed by atoms with Crippen LogP contribution in [0.15, 0.2) is 48.8 Å². The van der Waals surface area contributed by atoms with E-state index in [1.54, 1.807) is 24.3 Å². The van der Waals surface area contributed by atoms with E-state index in [4.69, 9.17) is 4.74 Å². The summed E-state index contributed by atoms with van der Waals surface area (Å²) in [5, 5.41) is 10.4. The van der Waals surface area contributed by atoms with Crippen LogP contribution in [-0.2, 0) is 11.3 Å². The molecule has 0 aliphatic carbocycles. The number of anilines is 1. The standard InChI is InChI=1S/C21H16F4N6O3/c1-34-21(33)13-5-3-2-4-11(13)9-30-10-12(8-26-30)27-20(32)15-7-17-28-14(18(22)23)6-16(19(24)25)31(17)29-15/h2-8,10,18-19H,9H2,1H3,(H,27,32). The first-order valence-corrected chi connectivity index (χ1v) is 9.73. The van der Waals surface area contributed by atoms with Crippen LogP contribution in [0.25, 0.3) is 5.65 Å². The van der Waals surface area contributed by atoms with E-state index in [1.807, 2.05) is 0 Å². The van der Waals surface area contributed by atoms with E-state index < -0.39 is 36.1 Å². The minimum atomic E-state index is -3.11. The van der Waals surface area contributed by atoms with Crippen LogP contribution in [0.5, 0.6) is 0 Å². The number of rotatable bonds is 7. The Kier molecular flexibility index (Phi) is 6.25. The molecule has 13 heteroatoms. The molecule has 1 amide bonds. The number of carbonyl (C=O) groups is 2. The van der Waals surface area contributed by atoms with Crippen LogP contribution in [0.2, 0.25) is 0 Å². The van der Waals surface area contributed by atoms with E-state index in [1.165, 1.54) is 24.2 Å². The zero-order valence-electron chi connectivity index (χ0n) is 17.5. The highest BCUT2D eigenvalue weighted by Crippen LogP contribution is 2.25. The molecule has 3 aromatic heterocycles. The van der Waals surface area contributed by atoms with Crippen molar-refractivity contribution >= 4 is 23.2 Å². The minimum Gasteiger partial charge on any atom is -0.465 e. The maximum atomic E-state index is 13.3. The number of aromatic nitrogens is 5. The fourth-order valence-electron chi connectivity index (χ4n) is 3.25. The molecular formula is C21H16F4N6O3. The molecule has 4 rings (SSSR count). The summed E-state index contributed by atoms with van der Waals surface area (Å²) in [4.78, 5) is 28.1. The molecule has 0 spiro atoms. The lowest BCUT2D eigenvalue weighted by molar-refractivity contribution is 0.0599. The summed E-state index contributed by atoms with van der Waals surface area (Å²) in [5.41, 5.74) is -1.01. The number of ether oxygens (including phenoxy) is 1. The van der Waals surface area contributed by atoms with Crippen molar-refractivity contribution in [1.29, 1.82) is 0 Å². The van der Waals surface area contributed by atoms with Gasteiger partial charge in [-0.1, -0.05) is 18.2 Å². The Morgan fingerprint density at radius 3 is 2.59 bits per heavy atom. The number of methoxy groups -OCH3 is 1. The fraction of sp³-hybridized carbons (Fsp3) is 0.190. The van der Waals surface area contributed by atoms with Crippen LogP contribution in [0.1, 0.15) is 50.6 Å². The first-order chi connectivity index (χ1) is 16.3. The van der Waals surface area contributed by atoms with Gasteiger partial charge in [0, 0.05) is 12.3 Å². The smallest absolute Gasteiger partial charge is 0.338 e. The molecule has 0 fully saturated rings. The van der Waals surface area contributed by atoms with Gasteiger partial charge in [-0.05, 0) is 17.7 Å². The van der Waals surface area contributed by atoms with Crippen molar-refractivity contribution in [3.63, 3.8) is 0 Å². The van der Waals surface area contributed by atoms with E-state index in [-0.39, 0.29) is 23.6 Å². The van der Waals surface area contributed by atoms with Gasteiger partial charge >= 0.3 is 5.97 Å². The maximum Gasteiger partial charge on any atom is 0.338 e. The number of benzene rings is 1. The van der Waals surface area contributed by atoms with E-state index in [9.17, 15) is 27.2 Å². The number of nitrogens with one attached hydrogen (secondary N) is 1. The third-order valence-corrected chi connectivity index (χ3v) is 4.80. The molecule has 0 saturated carbocycles. The lowest BCUT2D eigenvalue weighted by Gasteiger charge is -2.07. The zero-order valence-corrected chi connectivity index (χ0v) is 17.5. The van der Waals surface area contributed by atoms with Gasteiger partial charge in [0.1, 0.15) is 11.4 Å². The number of hydrogen-bond acceptors (Lipinski definition) is 6. The normalized spacial score (nSPS) is 11.4. The summed E-state index contributed by atoms with van der Waals surface area (Å²) in [6, 6.07) is 8.36. The Hall–Kier alpha value is -4.29. The van der Waals surface area contributed by atoms with E-state index in [2.05, 4.69) is 20.5 Å². The molecule has 4 aromatic rings. The van der Waals surface area contributed by atoms with Gasteiger partial charge in [-0.15, -0.1) is 0 Å². The third-order valence-electron chi connectivity index (χ3n) is 4.80. The molecule has 0 bridgehead atoms. The van der Waals surface area contributed by atoms with Gasteiger partial charge in [-0.2, -0.15) is 10.2 Å². The lowest BCUT2D eigenvalue weighted by atomic mass is 10.1. The van der Waals surface area contributed by atoms with Crippen LogP contribution < -0.4 is 5.32 Å². The molecule has 0 atom stereocenters. The van der Waals surface area contributed by atoms with Crippen LogP contribution in [0.4, 0.5) is 23.2 Å². The molecule has 34 heavy (non-hydrogen) atoms. The highest BCUT2D eigenvalue weighted by Gasteiger charge is 2.22. The molecule has 9 nitrogen and oxygen atoms in total. The molecule has 0 aliphatic rings. The third kappa shape index (κ3) is 4.58. The SMILES string of the molecule is COC(=O)c1ccccc1Cn1cc(NC(=O)c2cc3nc(C(F)F)cc(C(F)F)n3n2)cn1. The Morgan fingerprint density at radius 2 is 1.88 bits per heavy atom. The Morgan fingerprint density at radius 1 is 1.12 bits per heavy atom. The molecule has 0 saturated heterocycles. The number of amides is 1. The Bertz CT molecular complexity index is 1370. The van der Waals surface area contributed by atoms with E-state index >= 15 is 0 Å². The van der Waals surface area contributed by atoms with Crippen LogP contribution >= 0.6 is 0 Å². The monoisotopic (exact) mass is 476 g/mol. The number of hydrogen-bond donors (Lipinski definition) is 1. The molecule has 176 valence electrons. The summed E-state index contributed by atoms with van der Waals surface area (Å²) in [5.74, 6) is -1.28. The predicted molar refractivity (Wildman–Crippen MR) is 110 cm³/mol. The van der Waals surface area contributed by atoms with Crippen molar-refractivity contribution in [3.8, 4) is 0 Å². The summed E-state index contributed by atoms with van der Waals surface area (Å²) < 4.78 is 59.5. The lowest BCUT2D eigenvalue weighted by Crippen LogP contribution is -2.13. The number of carbonyl (C=O) groups excluding carboxylic acids is 2. The second-order valence-corrected chi connectivity index (χ2v) is 7.04. The molecule has 1 N–H and O–H groups in total. The summed E-state index contributed by atoms with van der Waals surface area (Å²) in [7, 11) is 1.27. The predicted octanol–water partition coefficient (Wildman–Crippen LogP) is 3.89. The highest BCUT2D eigenvalue weighted by atomic mass is 19.3. The largest absolute Gasteiger partial charge is 0.465 e. The van der Waals surface area contributed by atoms with Gasteiger partial charge in [0.15, 0.2) is 11.3 Å². The van der Waals surface area contributed by atoms with Crippen molar-refractivity contribution in [2.75, 3.05) is 12.4 Å². The maximum absolute atomic E-state index is 13.3. The van der Waals surface area contributed by atoms with Gasteiger partial charge in [0.05, 0.1) is 31.1 Å². The summed E-state index contributed by atoms with van der Waals surface area (Å²) in [6.07, 6.45) is -3.35. The van der Waals surface area contributed by atoms with Crippen molar-refractivity contribution < 1.29 is 31.9 Å². The Balaban J connectivity index is 1.54. The molecule has 1 aromatic carbocycles. The number of fused-ring (bicyclic) bond motifs is 1. The number of alkyl halides is 4. The number of nitrogens with zero attached hydrogens (tertiary/aromatic N) is 5. The zero-order chi connectivity index (χ0) is 24.4. The van der Waals surface area contributed by atoms with Crippen molar-refractivity contribution in [2.24, 2.45) is 0 Å². The molecule has 3 heterocycles. The number of esters is 1. The quantitative estimate of drug-likeness (QED) is 0.321. The molecule has 0 aliphatic heterocycles. The summed E-state index contributed by atoms with van der Waals surface area (Å²) >= 11 is 0. The van der Waals surface area contributed by atoms with E-state index in [0.29, 0.717) is 21.7 Å². The molecular weight excluding hydrogens is 460 g/mol. The van der Waals surface area contributed by atoms with Crippen molar-refractivity contribution in [1.82, 2.24) is 24.4 Å². The van der Waals surface area contributed by atoms with Gasteiger partial charge in [-0.3, -0.25) is 9.48 Å². The number of halogens is 4. The average molecular weight is 476 g/mol. The first-order valence-electron chi connectivity index (χ1n) is 9.73. The topological polar surface area (TPSA) is 103 Å². The van der Waals surface area contributed by atoms with Crippen LogP contribution in [0.3, 0.4) is 0 Å². The minimum absolute atomic E-state index is 0.202. The van der Waals surface area contributed by atoms with Crippen molar-refractivity contribution in [2.45, 2.75) is 19.4 Å². The highest BCUT2D eigenvalue weighted by molar-refractivity contribution is 6.03. The average Bonchev–Trinajstić information content (AvgIpc) is 3.44. The second kappa shape index (κ2) is 9.29. The van der Waals surface area contributed by atoms with Crippen molar-refractivity contribution in [3.05, 3.63) is 77.0 Å². The summed E-state index contributed by atoms with van der Waals surface area (Å²) in [6.45, 7) is 0.202. The van der Waals surface area contributed by atoms with Gasteiger partial charge < -0.3 is 10.1 Å². The van der Waals surface area contributed by atoms with E-state index in [0.717, 1.165) is 6.07 Å². The van der Waals surface area contributed by atoms with Crippen LogP contribution in [0, 0.1) is 0 Å². The van der Waals surface area contributed by atoms with Crippen LogP contribution in [-0.4, -0.2) is 43.4 Å². The Labute approximate surface area is 189 Å². The fourth-order valence-corrected chi connectivity index (χ4v) is 3.25. The van der Waals surface area contributed by atoms with Gasteiger partial charge in [0.2, 0.25) is 0 Å². The second-order valence-electron chi connectivity index (χ2n) is 7.04.